The molecule has 148 valence electrons. The molecule has 0 aliphatic carbocycles. The van der Waals surface area contributed by atoms with Crippen molar-refractivity contribution in [1.29, 1.82) is 5.41 Å². The van der Waals surface area contributed by atoms with E-state index in [0.717, 1.165) is 16.7 Å². The highest BCUT2D eigenvalue weighted by molar-refractivity contribution is 5.94. The summed E-state index contributed by atoms with van der Waals surface area (Å²) in [6, 6.07) is 21.2. The summed E-state index contributed by atoms with van der Waals surface area (Å²) in [5, 5.41) is 10.2. The molecule has 1 atom stereocenters. The predicted octanol–water partition coefficient (Wildman–Crippen LogP) is 3.78. The fraction of sp³-hybridized carbons (Fsp3) is 0.130. The van der Waals surface area contributed by atoms with Gasteiger partial charge in [0.2, 0.25) is 0 Å². The van der Waals surface area contributed by atoms with E-state index in [1.165, 1.54) is 13.2 Å². The Labute approximate surface area is 168 Å². The molecule has 0 aliphatic heterocycles. The highest BCUT2D eigenvalue weighted by atomic mass is 19.1. The highest BCUT2D eigenvalue weighted by Crippen LogP contribution is 2.26. The molecule has 0 aromatic heterocycles. The number of rotatable bonds is 7. The third-order valence-corrected chi connectivity index (χ3v) is 4.60. The summed E-state index contributed by atoms with van der Waals surface area (Å²) in [6.07, 6.45) is -1.06. The van der Waals surface area contributed by atoms with Crippen molar-refractivity contribution in [2.75, 3.05) is 7.11 Å². The molecule has 0 aliphatic rings. The zero-order chi connectivity index (χ0) is 20.8. The summed E-state index contributed by atoms with van der Waals surface area (Å²) >= 11 is 0. The van der Waals surface area contributed by atoms with Gasteiger partial charge in [-0.15, -0.1) is 0 Å². The molecule has 6 heteroatoms. The normalized spacial score (nSPS) is 11.7. The monoisotopic (exact) mass is 391 g/mol. The van der Waals surface area contributed by atoms with E-state index in [-0.39, 0.29) is 17.9 Å². The number of ether oxygens (including phenoxy) is 1. The first-order valence-corrected chi connectivity index (χ1v) is 9.08. The van der Waals surface area contributed by atoms with Crippen molar-refractivity contribution in [2.45, 2.75) is 12.6 Å². The number of nitrogens with one attached hydrogen (secondary N) is 2. The Morgan fingerprint density at radius 3 is 2.34 bits per heavy atom. The van der Waals surface area contributed by atoms with Gasteiger partial charge in [0.1, 0.15) is 11.7 Å². The van der Waals surface area contributed by atoms with Gasteiger partial charge in [-0.05, 0) is 22.8 Å². The largest absolute Gasteiger partial charge is 0.384 e. The second-order valence-electron chi connectivity index (χ2n) is 6.55. The lowest BCUT2D eigenvalue weighted by atomic mass is 10.0. The average molecular weight is 391 g/mol. The molecule has 0 radical (unpaired) electrons. The molecule has 0 saturated heterocycles. The van der Waals surface area contributed by atoms with Crippen LogP contribution < -0.4 is 11.1 Å². The number of carbonyl (C=O) groups excluding carboxylic acids is 1. The number of benzene rings is 3. The fourth-order valence-electron chi connectivity index (χ4n) is 3.01. The van der Waals surface area contributed by atoms with Gasteiger partial charge in [0.05, 0.1) is 0 Å². The minimum Gasteiger partial charge on any atom is -0.384 e. The third-order valence-electron chi connectivity index (χ3n) is 4.60. The Morgan fingerprint density at radius 1 is 1.07 bits per heavy atom. The lowest BCUT2D eigenvalue weighted by molar-refractivity contribution is -0.131. The van der Waals surface area contributed by atoms with Crippen LogP contribution in [0.25, 0.3) is 11.1 Å². The van der Waals surface area contributed by atoms with Gasteiger partial charge >= 0.3 is 0 Å². The number of amidine groups is 1. The molecular formula is C23H22FN3O2. The summed E-state index contributed by atoms with van der Waals surface area (Å²) in [5.41, 5.74) is 8.67. The molecule has 1 amide bonds. The van der Waals surface area contributed by atoms with E-state index in [2.05, 4.69) is 5.32 Å². The van der Waals surface area contributed by atoms with Crippen molar-refractivity contribution >= 4 is 11.7 Å². The quantitative estimate of drug-likeness (QED) is 0.423. The molecule has 0 bridgehead atoms. The number of hydrogen-bond donors (Lipinski definition) is 3. The van der Waals surface area contributed by atoms with Crippen LogP contribution in [0.4, 0.5) is 4.39 Å². The molecule has 0 saturated carbocycles. The Kier molecular flexibility index (Phi) is 6.36. The second kappa shape index (κ2) is 9.12. The molecule has 0 fully saturated rings. The fourth-order valence-corrected chi connectivity index (χ4v) is 3.01. The molecule has 3 rings (SSSR count). The van der Waals surface area contributed by atoms with Crippen LogP contribution in [0.3, 0.4) is 0 Å². The van der Waals surface area contributed by atoms with Crippen LogP contribution in [-0.4, -0.2) is 18.9 Å². The van der Waals surface area contributed by atoms with E-state index in [0.29, 0.717) is 5.56 Å². The third kappa shape index (κ3) is 4.86. The van der Waals surface area contributed by atoms with Crippen LogP contribution in [0.5, 0.6) is 0 Å². The first kappa shape index (κ1) is 20.2. The van der Waals surface area contributed by atoms with Crippen LogP contribution in [0.2, 0.25) is 0 Å². The van der Waals surface area contributed by atoms with Crippen molar-refractivity contribution in [3.8, 4) is 11.1 Å². The van der Waals surface area contributed by atoms with Crippen LogP contribution in [0.1, 0.15) is 22.8 Å². The van der Waals surface area contributed by atoms with E-state index in [4.69, 9.17) is 15.9 Å². The van der Waals surface area contributed by atoms with E-state index >= 15 is 0 Å². The maximum atomic E-state index is 14.7. The smallest absolute Gasteiger partial charge is 0.254 e. The molecule has 29 heavy (non-hydrogen) atoms. The Morgan fingerprint density at radius 2 is 1.76 bits per heavy atom. The Hall–Kier alpha value is -3.51. The van der Waals surface area contributed by atoms with Gasteiger partial charge in [-0.2, -0.15) is 0 Å². The van der Waals surface area contributed by atoms with Crippen LogP contribution in [0, 0.1) is 11.2 Å². The van der Waals surface area contributed by atoms with E-state index in [9.17, 15) is 9.18 Å². The number of carbonyl (C=O) groups is 1. The zero-order valence-electron chi connectivity index (χ0n) is 16.0. The first-order chi connectivity index (χ1) is 14.0. The lowest BCUT2D eigenvalue weighted by Gasteiger charge is -2.17. The lowest BCUT2D eigenvalue weighted by Crippen LogP contribution is -2.30. The van der Waals surface area contributed by atoms with Gasteiger partial charge in [-0.25, -0.2) is 4.39 Å². The summed E-state index contributed by atoms with van der Waals surface area (Å²) in [5.74, 6) is -0.955. The molecule has 0 spiro atoms. The van der Waals surface area contributed by atoms with Crippen molar-refractivity contribution in [1.82, 2.24) is 5.32 Å². The minimum absolute atomic E-state index is 0.0190. The van der Waals surface area contributed by atoms with E-state index in [1.807, 2.05) is 30.3 Å². The minimum atomic E-state index is -1.06. The number of hydrogen-bond acceptors (Lipinski definition) is 3. The van der Waals surface area contributed by atoms with E-state index in [1.54, 1.807) is 36.4 Å². The van der Waals surface area contributed by atoms with Gasteiger partial charge in [0.25, 0.3) is 5.91 Å². The van der Waals surface area contributed by atoms with Gasteiger partial charge in [-0.3, -0.25) is 10.2 Å². The molecule has 3 aromatic rings. The molecule has 5 nitrogen and oxygen atoms in total. The zero-order valence-corrected chi connectivity index (χ0v) is 16.0. The maximum absolute atomic E-state index is 14.7. The number of methoxy groups -OCH3 is 1. The van der Waals surface area contributed by atoms with Gasteiger partial charge in [0, 0.05) is 24.8 Å². The maximum Gasteiger partial charge on any atom is 0.254 e. The predicted molar refractivity (Wildman–Crippen MR) is 111 cm³/mol. The van der Waals surface area contributed by atoms with Gasteiger partial charge in [-0.1, -0.05) is 66.7 Å². The summed E-state index contributed by atoms with van der Waals surface area (Å²) in [6.45, 7) is 0.251. The van der Waals surface area contributed by atoms with E-state index < -0.39 is 17.8 Å². The van der Waals surface area contributed by atoms with Crippen molar-refractivity contribution in [3.05, 3.63) is 95.3 Å². The molecule has 4 N–H and O–H groups in total. The average Bonchev–Trinajstić information content (AvgIpc) is 2.74. The number of nitrogens with two attached hydrogens (primary N) is 1. The molecular weight excluding hydrogens is 369 g/mol. The first-order valence-electron chi connectivity index (χ1n) is 9.08. The number of nitrogen functional groups attached to an aromatic ring is 1. The van der Waals surface area contributed by atoms with Gasteiger partial charge in [0.15, 0.2) is 6.10 Å². The van der Waals surface area contributed by atoms with Crippen molar-refractivity contribution < 1.29 is 13.9 Å². The summed E-state index contributed by atoms with van der Waals surface area (Å²) < 4.78 is 20.0. The number of halogens is 1. The Balaban J connectivity index is 1.71. The standard InChI is InChI=1S/C23H22FN3O2/c1-29-21(23(28)27-14-15-7-9-17(10-8-15)22(25)26)19-12-11-18(13-20(19)24)16-5-3-2-4-6-16/h2-13,21H,14H2,1H3,(H3,25,26)(H,27,28)/t21-/m0/s1. The molecule has 0 unspecified atom stereocenters. The van der Waals surface area contributed by atoms with Crippen molar-refractivity contribution in [3.63, 3.8) is 0 Å². The van der Waals surface area contributed by atoms with Crippen LogP contribution in [-0.2, 0) is 16.1 Å². The van der Waals surface area contributed by atoms with Crippen LogP contribution in [0.15, 0.2) is 72.8 Å². The molecule has 0 heterocycles. The number of amides is 1. The SMILES string of the molecule is CO[C@H](C(=O)NCc1ccc(C(=N)N)cc1)c1ccc(-c2ccccc2)cc1F. The highest BCUT2D eigenvalue weighted by Gasteiger charge is 2.23. The molecule has 3 aromatic carbocycles. The second-order valence-corrected chi connectivity index (χ2v) is 6.55. The topological polar surface area (TPSA) is 88.2 Å². The van der Waals surface area contributed by atoms with Crippen LogP contribution >= 0.6 is 0 Å². The van der Waals surface area contributed by atoms with Gasteiger partial charge < -0.3 is 15.8 Å². The summed E-state index contributed by atoms with van der Waals surface area (Å²) in [7, 11) is 1.37. The Bertz CT molecular complexity index is 1000. The summed E-state index contributed by atoms with van der Waals surface area (Å²) in [4.78, 5) is 12.6. The van der Waals surface area contributed by atoms with Crippen molar-refractivity contribution in [2.24, 2.45) is 5.73 Å².